The molecule has 2 aliphatic rings. The number of nitrogens with one attached hydrogen (secondary N) is 3. The number of anilines is 3. The third-order valence-electron chi connectivity index (χ3n) is 6.60. The minimum absolute atomic E-state index is 0.0156. The van der Waals surface area contributed by atoms with Crippen LogP contribution in [0, 0.1) is 11.6 Å². The molecule has 5 N–H and O–H groups in total. The predicted molar refractivity (Wildman–Crippen MR) is 146 cm³/mol. The topological polar surface area (TPSA) is 189 Å². The first-order valence-corrected chi connectivity index (χ1v) is 14.2. The predicted octanol–water partition coefficient (Wildman–Crippen LogP) is 2.72. The second-order valence-electron chi connectivity index (χ2n) is 11.6. The van der Waals surface area contributed by atoms with E-state index in [1.54, 1.807) is 0 Å². The zero-order chi connectivity index (χ0) is 30.3. The number of halogens is 2. The van der Waals surface area contributed by atoms with E-state index in [0.717, 1.165) is 41.2 Å². The van der Waals surface area contributed by atoms with Gasteiger partial charge in [-0.05, 0) is 87.4 Å². The van der Waals surface area contributed by atoms with Crippen molar-refractivity contribution in [3.05, 3.63) is 46.0 Å². The normalized spacial score (nSPS) is 18.4. The molecule has 224 valence electrons. The quantitative estimate of drug-likeness (QED) is 0.262. The van der Waals surface area contributed by atoms with Crippen LogP contribution in [-0.4, -0.2) is 64.4 Å². The lowest BCUT2D eigenvalue weighted by Crippen LogP contribution is -2.60. The Morgan fingerprint density at radius 2 is 1.66 bits per heavy atom. The zero-order valence-corrected chi connectivity index (χ0v) is 24.0. The molecule has 1 saturated heterocycles. The molecule has 1 aromatic carbocycles. The monoisotopic (exact) mass is 597 g/mol. The van der Waals surface area contributed by atoms with Crippen LogP contribution >= 0.6 is 0 Å². The van der Waals surface area contributed by atoms with Crippen molar-refractivity contribution >= 4 is 27.9 Å². The third-order valence-corrected chi connectivity index (χ3v) is 6.60. The van der Waals surface area contributed by atoms with Crippen LogP contribution < -0.4 is 21.6 Å². The molecule has 0 unspecified atom stereocenters. The van der Waals surface area contributed by atoms with Gasteiger partial charge in [0.15, 0.2) is 11.6 Å². The lowest BCUT2D eigenvalue weighted by atomic mass is 9.79. The average molecular weight is 598 g/mol. The number of tetrazole rings is 1. The van der Waals surface area contributed by atoms with E-state index in [-0.39, 0.29) is 40.5 Å². The summed E-state index contributed by atoms with van der Waals surface area (Å²) in [5.41, 5.74) is 0.481. The minimum atomic E-state index is -4.67. The zero-order valence-electron chi connectivity index (χ0n) is 23.2. The molecule has 2 fully saturated rings. The van der Waals surface area contributed by atoms with Gasteiger partial charge in [-0.2, -0.15) is 22.8 Å². The van der Waals surface area contributed by atoms with E-state index in [1.165, 1.54) is 19.2 Å². The van der Waals surface area contributed by atoms with Crippen LogP contribution in [0.1, 0.15) is 64.9 Å². The first-order chi connectivity index (χ1) is 18.9. The van der Waals surface area contributed by atoms with Crippen LogP contribution in [0.2, 0.25) is 0 Å². The Bertz CT molecular complexity index is 1580. The molecule has 0 radical (unpaired) electrons. The molecule has 3 heterocycles. The van der Waals surface area contributed by atoms with Crippen molar-refractivity contribution in [1.29, 1.82) is 0 Å². The highest BCUT2D eigenvalue weighted by Crippen LogP contribution is 2.44. The Balaban J connectivity index is 0.000000714. The summed E-state index contributed by atoms with van der Waals surface area (Å²) in [6.45, 7) is 8.44. The summed E-state index contributed by atoms with van der Waals surface area (Å²) >= 11 is 0. The summed E-state index contributed by atoms with van der Waals surface area (Å²) in [6, 6.07) is 2.88. The number of benzene rings is 1. The highest BCUT2D eigenvalue weighted by Gasteiger charge is 2.38. The van der Waals surface area contributed by atoms with E-state index in [0.29, 0.717) is 11.3 Å². The van der Waals surface area contributed by atoms with Crippen molar-refractivity contribution in [2.75, 3.05) is 10.6 Å². The van der Waals surface area contributed by atoms with E-state index in [2.05, 4.69) is 64.0 Å². The molecule has 5 rings (SSSR count). The van der Waals surface area contributed by atoms with E-state index in [1.807, 2.05) is 0 Å². The van der Waals surface area contributed by atoms with Gasteiger partial charge in [0, 0.05) is 24.2 Å². The minimum Gasteiger partial charge on any atom is -0.365 e. The first-order valence-electron chi connectivity index (χ1n) is 12.8. The van der Waals surface area contributed by atoms with Crippen molar-refractivity contribution in [2.24, 2.45) is 7.05 Å². The first kappa shape index (κ1) is 30.4. The summed E-state index contributed by atoms with van der Waals surface area (Å²) in [5.74, 6) is -0.880. The maximum Gasteiger partial charge on any atom is 0.394 e. The highest BCUT2D eigenvalue weighted by atomic mass is 32.3. The molecule has 14 nitrogen and oxygen atoms in total. The summed E-state index contributed by atoms with van der Waals surface area (Å²) in [4.78, 5) is 20.8. The number of piperidine rings is 1. The second-order valence-corrected chi connectivity index (χ2v) is 12.5. The van der Waals surface area contributed by atoms with Crippen LogP contribution in [0.3, 0.4) is 0 Å². The summed E-state index contributed by atoms with van der Waals surface area (Å²) in [7, 11) is -3.17. The SMILES string of the molecule is Cn1nnn(-c2cc(Nc3ncc(F)c(NC4CC(C)(C)NC(C)(C)C4)n3)c(F)cc2C2CC2)c1=O.O=S(=O)(O)O. The smallest absolute Gasteiger partial charge is 0.365 e. The number of hydrogen-bond acceptors (Lipinski definition) is 10. The number of hydrogen-bond donors (Lipinski definition) is 5. The maximum atomic E-state index is 15.1. The largest absolute Gasteiger partial charge is 0.394 e. The number of aryl methyl sites for hydroxylation is 1. The van der Waals surface area contributed by atoms with Crippen LogP contribution in [-0.2, 0) is 17.4 Å². The van der Waals surface area contributed by atoms with Crippen molar-refractivity contribution in [3.63, 3.8) is 0 Å². The van der Waals surface area contributed by atoms with Gasteiger partial charge in [-0.25, -0.2) is 18.6 Å². The third kappa shape index (κ3) is 8.02. The van der Waals surface area contributed by atoms with E-state index >= 15 is 4.39 Å². The average Bonchev–Trinajstić information content (AvgIpc) is 3.59. The highest BCUT2D eigenvalue weighted by molar-refractivity contribution is 7.79. The summed E-state index contributed by atoms with van der Waals surface area (Å²) in [6.07, 6.45) is 4.43. The molecule has 41 heavy (non-hydrogen) atoms. The molecule has 3 aromatic rings. The lowest BCUT2D eigenvalue weighted by molar-refractivity contribution is 0.170. The van der Waals surface area contributed by atoms with Crippen molar-refractivity contribution < 1.29 is 26.3 Å². The lowest BCUT2D eigenvalue weighted by Gasteiger charge is -2.46. The van der Waals surface area contributed by atoms with Crippen molar-refractivity contribution in [3.8, 4) is 5.69 Å². The Morgan fingerprint density at radius 1 is 1.05 bits per heavy atom. The van der Waals surface area contributed by atoms with Gasteiger partial charge in [0.05, 0.1) is 17.6 Å². The van der Waals surface area contributed by atoms with Crippen LogP contribution in [0.15, 0.2) is 23.1 Å². The molecule has 0 amide bonds. The van der Waals surface area contributed by atoms with Gasteiger partial charge in [0.2, 0.25) is 5.95 Å². The number of nitrogens with zero attached hydrogens (tertiary/aromatic N) is 6. The molecule has 1 aliphatic carbocycles. The van der Waals surface area contributed by atoms with Gasteiger partial charge < -0.3 is 16.0 Å². The molecule has 1 saturated carbocycles. The molecule has 0 spiro atoms. The molecule has 1 aliphatic heterocycles. The van der Waals surface area contributed by atoms with E-state index in [9.17, 15) is 9.18 Å². The molecule has 17 heteroatoms. The van der Waals surface area contributed by atoms with Crippen LogP contribution in [0.4, 0.5) is 26.2 Å². The fourth-order valence-corrected chi connectivity index (χ4v) is 5.31. The molecular formula is C24H33F2N9O5S. The van der Waals surface area contributed by atoms with Gasteiger partial charge in [-0.1, -0.05) is 0 Å². The molecule has 0 bridgehead atoms. The van der Waals surface area contributed by atoms with E-state index < -0.39 is 27.7 Å². The van der Waals surface area contributed by atoms with Crippen LogP contribution in [0.5, 0.6) is 0 Å². The Morgan fingerprint density at radius 3 is 2.20 bits per heavy atom. The van der Waals surface area contributed by atoms with Crippen molar-refractivity contribution in [1.82, 2.24) is 35.1 Å². The Labute approximate surface area is 235 Å². The van der Waals surface area contributed by atoms with Gasteiger partial charge in [0.25, 0.3) is 0 Å². The summed E-state index contributed by atoms with van der Waals surface area (Å²) < 4.78 is 63.6. The van der Waals surface area contributed by atoms with Crippen LogP contribution in [0.25, 0.3) is 5.69 Å². The molecule has 2 aromatic heterocycles. The Hall–Kier alpha value is -3.54. The van der Waals surface area contributed by atoms with E-state index in [4.69, 9.17) is 17.5 Å². The summed E-state index contributed by atoms with van der Waals surface area (Å²) in [5, 5.41) is 17.3. The van der Waals surface area contributed by atoms with Gasteiger partial charge in [0.1, 0.15) is 5.82 Å². The fraction of sp³-hybridized carbons (Fsp3) is 0.542. The molecule has 0 atom stereocenters. The Kier molecular flexibility index (Phi) is 8.19. The fourth-order valence-electron chi connectivity index (χ4n) is 5.31. The van der Waals surface area contributed by atoms with Gasteiger partial charge in [-0.3, -0.25) is 9.11 Å². The van der Waals surface area contributed by atoms with Gasteiger partial charge >= 0.3 is 16.1 Å². The number of aromatic nitrogens is 6. The second kappa shape index (κ2) is 11.0. The van der Waals surface area contributed by atoms with Crippen molar-refractivity contribution in [2.45, 2.75) is 76.4 Å². The van der Waals surface area contributed by atoms with Gasteiger partial charge in [-0.15, -0.1) is 0 Å². The maximum absolute atomic E-state index is 15.1. The molecular weight excluding hydrogens is 564 g/mol. The number of rotatable bonds is 6. The standard InChI is InChI=1S/C24H31F2N9O.H2O4S/c1-23(2)10-14(11-24(3,4)31-23)28-20-17(26)12-27-21(30-20)29-18-9-19(35-22(36)34(5)32-33-35)15(8-16(18)25)13-6-7-13;1-5(2,3)4/h8-9,12-14,31H,6-7,10-11H2,1-5H3,(H2,27,28,29,30);(H2,1,2,3,4).